The molecule has 1 saturated carbocycles. The van der Waals surface area contributed by atoms with Crippen LogP contribution in [-0.4, -0.2) is 25.6 Å². The lowest BCUT2D eigenvalue weighted by molar-refractivity contribution is 0.0885. The molecule has 9 heteroatoms. The Labute approximate surface area is 183 Å². The molecule has 0 spiro atoms. The first-order valence-electron chi connectivity index (χ1n) is 10.9. The smallest absolute Gasteiger partial charge is 0.326 e. The number of aromatic amines is 1. The van der Waals surface area contributed by atoms with Crippen molar-refractivity contribution < 1.29 is 13.7 Å². The van der Waals surface area contributed by atoms with Gasteiger partial charge < -0.3 is 19.2 Å². The fourth-order valence-electron chi connectivity index (χ4n) is 4.41. The summed E-state index contributed by atoms with van der Waals surface area (Å²) >= 11 is 0. The fourth-order valence-corrected chi connectivity index (χ4v) is 4.41. The van der Waals surface area contributed by atoms with Crippen LogP contribution in [0.4, 0.5) is 0 Å². The number of nitrogens with one attached hydrogen (secondary N) is 2. The lowest BCUT2D eigenvalue weighted by Crippen LogP contribution is -2.31. The number of hydrogen-bond donors (Lipinski definition) is 2. The average molecular weight is 435 g/mol. The van der Waals surface area contributed by atoms with E-state index in [4.69, 9.17) is 8.94 Å². The van der Waals surface area contributed by atoms with Crippen LogP contribution in [0.2, 0.25) is 0 Å². The standard InChI is InChI=1S/C23H25N5O4/c1-13(2)19(25-21(29)18-8-5-11-31-18)22-26-20(27-32-22)14-9-10-17-16(12-14)24-23(30)28(17)15-6-3-4-7-15/h5,8-13,15,19H,3-4,6-7H2,1-2H3,(H,24,30)(H,25,29)/t19-/m1/s1. The highest BCUT2D eigenvalue weighted by molar-refractivity contribution is 5.91. The normalized spacial score (nSPS) is 15.6. The molecule has 0 saturated heterocycles. The second-order valence-corrected chi connectivity index (χ2v) is 8.60. The molecule has 5 rings (SSSR count). The molecule has 0 radical (unpaired) electrons. The first-order valence-corrected chi connectivity index (χ1v) is 10.9. The molecular weight excluding hydrogens is 410 g/mol. The molecule has 9 nitrogen and oxygen atoms in total. The van der Waals surface area contributed by atoms with E-state index in [1.165, 1.54) is 6.26 Å². The predicted molar refractivity (Wildman–Crippen MR) is 117 cm³/mol. The van der Waals surface area contributed by atoms with Crippen LogP contribution in [0.3, 0.4) is 0 Å². The topological polar surface area (TPSA) is 119 Å². The minimum absolute atomic E-state index is 0.0153. The zero-order valence-corrected chi connectivity index (χ0v) is 18.0. The number of furan rings is 1. The highest BCUT2D eigenvalue weighted by atomic mass is 16.5. The molecule has 0 aliphatic heterocycles. The fraction of sp³-hybridized carbons (Fsp3) is 0.391. The zero-order valence-electron chi connectivity index (χ0n) is 18.0. The van der Waals surface area contributed by atoms with Crippen LogP contribution >= 0.6 is 0 Å². The average Bonchev–Trinajstić information content (AvgIpc) is 3.57. The number of carbonyl (C=O) groups is 1. The van der Waals surface area contributed by atoms with Gasteiger partial charge in [0.25, 0.3) is 5.91 Å². The van der Waals surface area contributed by atoms with Crippen molar-refractivity contribution in [2.24, 2.45) is 5.92 Å². The van der Waals surface area contributed by atoms with Crippen LogP contribution < -0.4 is 11.0 Å². The van der Waals surface area contributed by atoms with Crippen molar-refractivity contribution in [3.05, 3.63) is 58.7 Å². The van der Waals surface area contributed by atoms with Crippen LogP contribution in [0, 0.1) is 5.92 Å². The van der Waals surface area contributed by atoms with Crippen molar-refractivity contribution in [2.75, 3.05) is 0 Å². The molecule has 1 aromatic carbocycles. The Morgan fingerprint density at radius 1 is 1.25 bits per heavy atom. The SMILES string of the molecule is CC(C)[C@@H](NC(=O)c1ccco1)c1nc(-c2ccc3c(c2)[nH]c(=O)n3C2CCCC2)no1. The molecule has 32 heavy (non-hydrogen) atoms. The summed E-state index contributed by atoms with van der Waals surface area (Å²) in [6.45, 7) is 3.92. The molecule has 1 aliphatic rings. The van der Waals surface area contributed by atoms with Gasteiger partial charge >= 0.3 is 5.69 Å². The number of aromatic nitrogens is 4. The van der Waals surface area contributed by atoms with E-state index in [-0.39, 0.29) is 29.3 Å². The molecule has 4 aromatic rings. The largest absolute Gasteiger partial charge is 0.459 e. The number of hydrogen-bond acceptors (Lipinski definition) is 6. The number of imidazole rings is 1. The van der Waals surface area contributed by atoms with Gasteiger partial charge in [0, 0.05) is 11.6 Å². The van der Waals surface area contributed by atoms with Crippen molar-refractivity contribution in [3.8, 4) is 11.4 Å². The number of nitrogens with zero attached hydrogens (tertiary/aromatic N) is 3. The minimum Gasteiger partial charge on any atom is -0.459 e. The van der Waals surface area contributed by atoms with E-state index in [0.717, 1.165) is 42.3 Å². The number of rotatable bonds is 6. The van der Waals surface area contributed by atoms with Gasteiger partial charge in [0.1, 0.15) is 6.04 Å². The quantitative estimate of drug-likeness (QED) is 0.468. The molecule has 1 amide bonds. The van der Waals surface area contributed by atoms with Crippen LogP contribution in [0.5, 0.6) is 0 Å². The zero-order chi connectivity index (χ0) is 22.2. The summed E-state index contributed by atoms with van der Waals surface area (Å²) in [5, 5.41) is 7.01. The summed E-state index contributed by atoms with van der Waals surface area (Å²) in [5.74, 6) is 0.597. The molecule has 1 atom stereocenters. The van der Waals surface area contributed by atoms with E-state index in [1.807, 2.05) is 36.6 Å². The van der Waals surface area contributed by atoms with Gasteiger partial charge in [-0.15, -0.1) is 0 Å². The maximum absolute atomic E-state index is 12.6. The van der Waals surface area contributed by atoms with Gasteiger partial charge in [0.05, 0.1) is 17.3 Å². The maximum Gasteiger partial charge on any atom is 0.326 e. The van der Waals surface area contributed by atoms with Gasteiger partial charge in [-0.1, -0.05) is 31.8 Å². The third-order valence-corrected chi connectivity index (χ3v) is 6.07. The summed E-state index contributed by atoms with van der Waals surface area (Å²) in [6.07, 6.45) is 5.82. The Kier molecular flexibility index (Phi) is 5.16. The van der Waals surface area contributed by atoms with Crippen molar-refractivity contribution in [2.45, 2.75) is 51.6 Å². The Balaban J connectivity index is 1.43. The molecule has 1 aliphatic carbocycles. The molecule has 166 valence electrons. The number of amides is 1. The number of H-pyrrole nitrogens is 1. The van der Waals surface area contributed by atoms with E-state index in [9.17, 15) is 9.59 Å². The van der Waals surface area contributed by atoms with Gasteiger partial charge in [-0.3, -0.25) is 9.36 Å². The second-order valence-electron chi connectivity index (χ2n) is 8.60. The van der Waals surface area contributed by atoms with Gasteiger partial charge in [-0.25, -0.2) is 4.79 Å². The summed E-state index contributed by atoms with van der Waals surface area (Å²) in [5.41, 5.74) is 2.28. The second kappa shape index (κ2) is 8.14. The van der Waals surface area contributed by atoms with E-state index < -0.39 is 6.04 Å². The molecule has 1 fully saturated rings. The minimum atomic E-state index is -0.471. The summed E-state index contributed by atoms with van der Waals surface area (Å²) < 4.78 is 12.5. The molecule has 3 aromatic heterocycles. The highest BCUT2D eigenvalue weighted by Crippen LogP contribution is 2.32. The Bertz CT molecular complexity index is 1290. The Hall–Kier alpha value is -3.62. The molecule has 0 unspecified atom stereocenters. The van der Waals surface area contributed by atoms with E-state index in [0.29, 0.717) is 11.7 Å². The molecule has 0 bridgehead atoms. The molecule has 3 heterocycles. The number of benzene rings is 1. The van der Waals surface area contributed by atoms with E-state index in [2.05, 4.69) is 20.4 Å². The molecule has 2 N–H and O–H groups in total. The number of fused-ring (bicyclic) bond motifs is 1. The summed E-state index contributed by atoms with van der Waals surface area (Å²) in [7, 11) is 0. The Morgan fingerprint density at radius 2 is 2.06 bits per heavy atom. The van der Waals surface area contributed by atoms with E-state index in [1.54, 1.807) is 12.1 Å². The highest BCUT2D eigenvalue weighted by Gasteiger charge is 2.27. The van der Waals surface area contributed by atoms with E-state index >= 15 is 0 Å². The maximum atomic E-state index is 12.6. The monoisotopic (exact) mass is 435 g/mol. The van der Waals surface area contributed by atoms with Crippen molar-refractivity contribution in [1.29, 1.82) is 0 Å². The van der Waals surface area contributed by atoms with Gasteiger partial charge in [0.2, 0.25) is 11.7 Å². The summed E-state index contributed by atoms with van der Waals surface area (Å²) in [6, 6.07) is 8.72. The third kappa shape index (κ3) is 3.63. The third-order valence-electron chi connectivity index (χ3n) is 6.07. The first kappa shape index (κ1) is 20.3. The van der Waals surface area contributed by atoms with Crippen molar-refractivity contribution in [3.63, 3.8) is 0 Å². The lowest BCUT2D eigenvalue weighted by Gasteiger charge is -2.17. The van der Waals surface area contributed by atoms with Crippen LogP contribution in [-0.2, 0) is 0 Å². The van der Waals surface area contributed by atoms with Crippen LogP contribution in [0.1, 0.15) is 68.1 Å². The predicted octanol–water partition coefficient (Wildman–Crippen LogP) is 4.21. The first-order chi connectivity index (χ1) is 15.5. The van der Waals surface area contributed by atoms with Crippen LogP contribution in [0.25, 0.3) is 22.4 Å². The van der Waals surface area contributed by atoms with Crippen molar-refractivity contribution >= 4 is 16.9 Å². The van der Waals surface area contributed by atoms with Gasteiger partial charge in [-0.05, 0) is 49.1 Å². The summed E-state index contributed by atoms with van der Waals surface area (Å²) in [4.78, 5) is 32.5. The van der Waals surface area contributed by atoms with Gasteiger partial charge in [-0.2, -0.15) is 4.98 Å². The lowest BCUT2D eigenvalue weighted by atomic mass is 10.0. The Morgan fingerprint density at radius 3 is 2.78 bits per heavy atom. The van der Waals surface area contributed by atoms with Crippen LogP contribution in [0.15, 0.2) is 50.3 Å². The van der Waals surface area contributed by atoms with Gasteiger partial charge in [0.15, 0.2) is 5.76 Å². The van der Waals surface area contributed by atoms with Crippen molar-refractivity contribution in [1.82, 2.24) is 25.0 Å². The molecular formula is C23H25N5O4. The number of carbonyl (C=O) groups excluding carboxylic acids is 1.